The molecule has 1 amide bonds. The maximum absolute atomic E-state index is 11.5. The molecule has 0 aromatic carbocycles. The van der Waals surface area contributed by atoms with Gasteiger partial charge < -0.3 is 20.9 Å². The largest absolute Gasteiger partial charge is 0.479 e. The standard InChI is InChI=1S/C11H20N2O4/c1-2-3-8(12)10(14)13-6-7-4-5-9(17-7)11(15)16/h7-9H,2-6,12H2,1H3,(H,13,14)(H,15,16)/t7?,8-,9?/m1/s1. The Balaban J connectivity index is 2.23. The summed E-state index contributed by atoms with van der Waals surface area (Å²) in [5.74, 6) is -1.14. The second-order valence-electron chi connectivity index (χ2n) is 4.30. The van der Waals surface area contributed by atoms with E-state index in [1.54, 1.807) is 0 Å². The lowest BCUT2D eigenvalue weighted by atomic mass is 10.1. The number of carboxylic acid groups (broad SMARTS) is 1. The normalized spacial score (nSPS) is 25.5. The molecule has 0 radical (unpaired) electrons. The van der Waals surface area contributed by atoms with Gasteiger partial charge in [-0.3, -0.25) is 4.79 Å². The summed E-state index contributed by atoms with van der Waals surface area (Å²) >= 11 is 0. The molecular weight excluding hydrogens is 224 g/mol. The molecule has 4 N–H and O–H groups in total. The van der Waals surface area contributed by atoms with Crippen LogP contribution in [-0.2, 0) is 14.3 Å². The number of ether oxygens (including phenoxy) is 1. The van der Waals surface area contributed by atoms with Crippen LogP contribution in [0.3, 0.4) is 0 Å². The summed E-state index contributed by atoms with van der Waals surface area (Å²) in [6.45, 7) is 2.30. The second-order valence-corrected chi connectivity index (χ2v) is 4.30. The molecule has 3 atom stereocenters. The van der Waals surface area contributed by atoms with E-state index >= 15 is 0 Å². The van der Waals surface area contributed by atoms with Gasteiger partial charge in [0.15, 0.2) is 6.10 Å². The first-order chi connectivity index (χ1) is 8.04. The third-order valence-corrected chi connectivity index (χ3v) is 2.82. The average Bonchev–Trinajstić information content (AvgIpc) is 2.75. The van der Waals surface area contributed by atoms with Crippen molar-refractivity contribution in [2.75, 3.05) is 6.54 Å². The van der Waals surface area contributed by atoms with Crippen molar-refractivity contribution in [3.63, 3.8) is 0 Å². The van der Waals surface area contributed by atoms with E-state index in [1.165, 1.54) is 0 Å². The lowest BCUT2D eigenvalue weighted by Gasteiger charge is -2.15. The minimum atomic E-state index is -0.943. The van der Waals surface area contributed by atoms with Crippen molar-refractivity contribution in [2.45, 2.75) is 50.9 Å². The Labute approximate surface area is 101 Å². The highest BCUT2D eigenvalue weighted by Crippen LogP contribution is 2.19. The highest BCUT2D eigenvalue weighted by molar-refractivity contribution is 5.81. The highest BCUT2D eigenvalue weighted by Gasteiger charge is 2.30. The fourth-order valence-electron chi connectivity index (χ4n) is 1.83. The third kappa shape index (κ3) is 4.32. The molecule has 1 heterocycles. The van der Waals surface area contributed by atoms with Gasteiger partial charge in [-0.25, -0.2) is 4.79 Å². The van der Waals surface area contributed by atoms with Gasteiger partial charge in [0.25, 0.3) is 0 Å². The van der Waals surface area contributed by atoms with E-state index in [9.17, 15) is 9.59 Å². The number of carbonyl (C=O) groups excluding carboxylic acids is 1. The van der Waals surface area contributed by atoms with Crippen LogP contribution in [0.25, 0.3) is 0 Å². The van der Waals surface area contributed by atoms with E-state index in [0.717, 1.165) is 6.42 Å². The summed E-state index contributed by atoms with van der Waals surface area (Å²) < 4.78 is 5.26. The van der Waals surface area contributed by atoms with Crippen LogP contribution in [0.2, 0.25) is 0 Å². The van der Waals surface area contributed by atoms with Crippen LogP contribution in [0.15, 0.2) is 0 Å². The molecule has 0 aromatic rings. The Bertz CT molecular complexity index is 283. The summed E-state index contributed by atoms with van der Waals surface area (Å²) in [6, 6.07) is -0.489. The molecule has 0 spiro atoms. The lowest BCUT2D eigenvalue weighted by Crippen LogP contribution is -2.43. The van der Waals surface area contributed by atoms with E-state index in [2.05, 4.69) is 5.32 Å². The first-order valence-electron chi connectivity index (χ1n) is 5.96. The second kappa shape index (κ2) is 6.56. The Morgan fingerprint density at radius 2 is 2.24 bits per heavy atom. The Morgan fingerprint density at radius 3 is 2.76 bits per heavy atom. The van der Waals surface area contributed by atoms with Crippen molar-refractivity contribution in [2.24, 2.45) is 5.73 Å². The maximum atomic E-state index is 11.5. The fourth-order valence-corrected chi connectivity index (χ4v) is 1.83. The SMILES string of the molecule is CCC[C@@H](N)C(=O)NCC1CCC(C(=O)O)O1. The van der Waals surface area contributed by atoms with E-state index < -0.39 is 18.1 Å². The summed E-state index contributed by atoms with van der Waals surface area (Å²) in [7, 11) is 0. The number of aliphatic carboxylic acids is 1. The first kappa shape index (κ1) is 13.9. The van der Waals surface area contributed by atoms with Gasteiger partial charge in [-0.2, -0.15) is 0 Å². The number of carbonyl (C=O) groups is 2. The Kier molecular flexibility index (Phi) is 5.37. The van der Waals surface area contributed by atoms with E-state index in [0.29, 0.717) is 25.8 Å². The highest BCUT2D eigenvalue weighted by atomic mass is 16.5. The smallest absolute Gasteiger partial charge is 0.332 e. The van der Waals surface area contributed by atoms with Crippen molar-refractivity contribution in [3.05, 3.63) is 0 Å². The molecule has 1 rings (SSSR count). The topological polar surface area (TPSA) is 102 Å². The number of carboxylic acids is 1. The van der Waals surface area contributed by atoms with Crippen LogP contribution in [0.1, 0.15) is 32.6 Å². The lowest BCUT2D eigenvalue weighted by molar-refractivity contribution is -0.149. The predicted octanol–water partition coefficient (Wildman–Crippen LogP) is -0.138. The van der Waals surface area contributed by atoms with Crippen molar-refractivity contribution < 1.29 is 19.4 Å². The number of hydrogen-bond donors (Lipinski definition) is 3. The van der Waals surface area contributed by atoms with Crippen molar-refractivity contribution in [1.82, 2.24) is 5.32 Å². The molecule has 0 aromatic heterocycles. The Hall–Kier alpha value is -1.14. The molecule has 1 saturated heterocycles. The average molecular weight is 244 g/mol. The van der Waals surface area contributed by atoms with Crippen molar-refractivity contribution in [3.8, 4) is 0 Å². The van der Waals surface area contributed by atoms with Gasteiger partial charge >= 0.3 is 5.97 Å². The molecule has 17 heavy (non-hydrogen) atoms. The maximum Gasteiger partial charge on any atom is 0.332 e. The van der Waals surface area contributed by atoms with Gasteiger partial charge in [0, 0.05) is 6.54 Å². The van der Waals surface area contributed by atoms with Crippen LogP contribution in [-0.4, -0.2) is 41.8 Å². The molecule has 0 aliphatic carbocycles. The Morgan fingerprint density at radius 1 is 1.53 bits per heavy atom. The van der Waals surface area contributed by atoms with E-state index in [-0.39, 0.29) is 12.0 Å². The summed E-state index contributed by atoms with van der Waals surface area (Å²) in [5, 5.41) is 11.4. The van der Waals surface area contributed by atoms with Gasteiger partial charge in [-0.1, -0.05) is 13.3 Å². The van der Waals surface area contributed by atoms with Gasteiger partial charge in [-0.15, -0.1) is 0 Å². The summed E-state index contributed by atoms with van der Waals surface area (Å²) in [5.41, 5.74) is 5.64. The van der Waals surface area contributed by atoms with Gasteiger partial charge in [0.05, 0.1) is 12.1 Å². The monoisotopic (exact) mass is 244 g/mol. The van der Waals surface area contributed by atoms with E-state index in [4.69, 9.17) is 15.6 Å². The molecule has 0 saturated carbocycles. The molecule has 98 valence electrons. The molecule has 2 unspecified atom stereocenters. The zero-order valence-corrected chi connectivity index (χ0v) is 10.0. The van der Waals surface area contributed by atoms with Crippen LogP contribution in [0.5, 0.6) is 0 Å². The van der Waals surface area contributed by atoms with Crippen LogP contribution in [0, 0.1) is 0 Å². The van der Waals surface area contributed by atoms with Crippen molar-refractivity contribution in [1.29, 1.82) is 0 Å². The first-order valence-corrected chi connectivity index (χ1v) is 5.96. The molecule has 6 heteroatoms. The molecule has 6 nitrogen and oxygen atoms in total. The number of hydrogen-bond acceptors (Lipinski definition) is 4. The third-order valence-electron chi connectivity index (χ3n) is 2.82. The van der Waals surface area contributed by atoms with Gasteiger partial charge in [0.2, 0.25) is 5.91 Å². The van der Waals surface area contributed by atoms with Crippen LogP contribution in [0.4, 0.5) is 0 Å². The van der Waals surface area contributed by atoms with Gasteiger partial charge in [0.1, 0.15) is 0 Å². The molecule has 0 bridgehead atoms. The summed E-state index contributed by atoms with van der Waals surface area (Å²) in [4.78, 5) is 22.1. The number of rotatable bonds is 6. The molecule has 1 aliphatic heterocycles. The minimum absolute atomic E-state index is 0.200. The number of amides is 1. The molecule has 1 fully saturated rings. The quantitative estimate of drug-likeness (QED) is 0.603. The van der Waals surface area contributed by atoms with Crippen molar-refractivity contribution >= 4 is 11.9 Å². The fraction of sp³-hybridized carbons (Fsp3) is 0.818. The van der Waals surface area contributed by atoms with Crippen LogP contribution < -0.4 is 11.1 Å². The van der Waals surface area contributed by atoms with Crippen LogP contribution >= 0.6 is 0 Å². The molecular formula is C11H20N2O4. The van der Waals surface area contributed by atoms with E-state index in [1.807, 2.05) is 6.92 Å². The zero-order valence-electron chi connectivity index (χ0n) is 10.0. The number of nitrogens with one attached hydrogen (secondary N) is 1. The van der Waals surface area contributed by atoms with Gasteiger partial charge in [-0.05, 0) is 19.3 Å². The zero-order chi connectivity index (χ0) is 12.8. The minimum Gasteiger partial charge on any atom is -0.479 e. The molecule has 1 aliphatic rings. The number of nitrogens with two attached hydrogens (primary N) is 1. The summed E-state index contributed by atoms with van der Waals surface area (Å²) in [6.07, 6.45) is 1.71. The predicted molar refractivity (Wildman–Crippen MR) is 61.4 cm³/mol.